The zero-order valence-corrected chi connectivity index (χ0v) is 33.4. The fraction of sp³-hybridized carbons (Fsp3) is 0.488. The summed E-state index contributed by atoms with van der Waals surface area (Å²) < 4.78 is 11.5. The minimum absolute atomic E-state index is 0.0296. The summed E-state index contributed by atoms with van der Waals surface area (Å²) >= 11 is 0. The minimum atomic E-state index is -1.09. The van der Waals surface area contributed by atoms with Crippen LogP contribution in [0.25, 0.3) is 0 Å². The number of anilines is 2. The van der Waals surface area contributed by atoms with Crippen LogP contribution in [0.5, 0.6) is 5.75 Å². The lowest BCUT2D eigenvalue weighted by Gasteiger charge is -2.39. The van der Waals surface area contributed by atoms with Crippen molar-refractivity contribution < 1.29 is 38.6 Å². The zero-order chi connectivity index (χ0) is 40.8. The quantitative estimate of drug-likeness (QED) is 0.208. The van der Waals surface area contributed by atoms with Crippen LogP contribution in [-0.4, -0.2) is 137 Å². The number of aryl methyl sites for hydroxylation is 2. The highest BCUT2D eigenvalue weighted by Gasteiger charge is 2.36. The van der Waals surface area contributed by atoms with Crippen LogP contribution < -0.4 is 10.2 Å². The predicted octanol–water partition coefficient (Wildman–Crippen LogP) is 4.52. The molecule has 4 aliphatic heterocycles. The van der Waals surface area contributed by atoms with Crippen LogP contribution in [0.15, 0.2) is 54.7 Å². The number of rotatable bonds is 11. The largest absolute Gasteiger partial charge is 0.507 e. The fourth-order valence-corrected chi connectivity index (χ4v) is 8.35. The van der Waals surface area contributed by atoms with Gasteiger partial charge in [0.25, 0.3) is 5.91 Å². The maximum absolute atomic E-state index is 14.2. The zero-order valence-electron chi connectivity index (χ0n) is 33.4. The summed E-state index contributed by atoms with van der Waals surface area (Å²) in [6.45, 7) is 8.24. The first-order chi connectivity index (χ1) is 28.0. The Morgan fingerprint density at radius 3 is 2.33 bits per heavy atom. The van der Waals surface area contributed by atoms with Gasteiger partial charge in [-0.25, -0.2) is 19.4 Å². The van der Waals surface area contributed by atoms with Crippen LogP contribution in [0.2, 0.25) is 0 Å². The Balaban J connectivity index is 0.930. The number of carbonyl (C=O) groups is 5. The maximum atomic E-state index is 14.2. The number of para-hydroxylation sites is 1. The van der Waals surface area contributed by atoms with E-state index in [-0.39, 0.29) is 42.7 Å². The number of esters is 1. The molecule has 5 heterocycles. The molecule has 7 rings (SSSR count). The molecule has 2 N–H and O–H groups in total. The lowest BCUT2D eigenvalue weighted by Crippen LogP contribution is -2.54. The van der Waals surface area contributed by atoms with Gasteiger partial charge in [0.2, 0.25) is 5.91 Å². The van der Waals surface area contributed by atoms with Crippen molar-refractivity contribution in [2.24, 2.45) is 0 Å². The minimum Gasteiger partial charge on any atom is -0.507 e. The first-order valence-electron chi connectivity index (χ1n) is 20.4. The number of hydrogen-bond donors (Lipinski definition) is 2. The number of nitrogens with zero attached hydrogens (tertiary/aromatic N) is 6. The van der Waals surface area contributed by atoms with Crippen molar-refractivity contribution in [1.82, 2.24) is 24.6 Å². The van der Waals surface area contributed by atoms with E-state index in [2.05, 4.69) is 10.3 Å². The molecule has 3 fully saturated rings. The van der Waals surface area contributed by atoms with Crippen LogP contribution in [0, 0.1) is 13.8 Å². The van der Waals surface area contributed by atoms with E-state index in [0.29, 0.717) is 101 Å². The van der Waals surface area contributed by atoms with Crippen molar-refractivity contribution >= 4 is 41.4 Å². The number of likely N-dealkylation sites (tertiary alicyclic amines) is 2. The normalized spacial score (nSPS) is 18.1. The molecular formula is C43H53N7O8. The van der Waals surface area contributed by atoms with E-state index in [1.54, 1.807) is 40.7 Å². The Morgan fingerprint density at radius 1 is 0.897 bits per heavy atom. The third kappa shape index (κ3) is 9.46. The Labute approximate surface area is 338 Å². The van der Waals surface area contributed by atoms with Crippen LogP contribution in [0.3, 0.4) is 0 Å². The Bertz CT molecular complexity index is 1970. The molecule has 2 aromatic carbocycles. The van der Waals surface area contributed by atoms with E-state index in [1.165, 1.54) is 6.20 Å². The number of carbonyl (C=O) groups excluding carboxylic acids is 5. The maximum Gasteiger partial charge on any atom is 0.410 e. The molecule has 5 amide bonds. The molecule has 58 heavy (non-hydrogen) atoms. The molecule has 0 radical (unpaired) electrons. The van der Waals surface area contributed by atoms with Crippen LogP contribution in [0.4, 0.5) is 21.1 Å². The molecule has 0 saturated carbocycles. The van der Waals surface area contributed by atoms with E-state index in [4.69, 9.17) is 9.47 Å². The predicted molar refractivity (Wildman–Crippen MR) is 216 cm³/mol. The van der Waals surface area contributed by atoms with Crippen LogP contribution in [-0.2, 0) is 31.9 Å². The number of hydrogen-bond acceptors (Lipinski definition) is 10. The summed E-state index contributed by atoms with van der Waals surface area (Å²) in [5.74, 6) is 0.236. The summed E-state index contributed by atoms with van der Waals surface area (Å²) in [7, 11) is 0. The van der Waals surface area contributed by atoms with E-state index in [1.807, 2.05) is 46.2 Å². The van der Waals surface area contributed by atoms with E-state index in [9.17, 15) is 29.1 Å². The first kappa shape index (κ1) is 40.3. The average Bonchev–Trinajstić information content (AvgIpc) is 3.57. The molecule has 3 aromatic rings. The van der Waals surface area contributed by atoms with E-state index >= 15 is 0 Å². The second-order valence-corrected chi connectivity index (χ2v) is 15.6. The van der Waals surface area contributed by atoms with Crippen LogP contribution >= 0.6 is 0 Å². The smallest absolute Gasteiger partial charge is 0.410 e. The Hall–Kier alpha value is -5.86. The molecular weight excluding hydrogens is 743 g/mol. The lowest BCUT2D eigenvalue weighted by molar-refractivity contribution is -0.141. The number of amides is 5. The third-order valence-electron chi connectivity index (χ3n) is 11.7. The standard InChI is InChI=1S/C43H53N7O8/c1-29-25-31(26-30(2)39(29)52)27-36(58-43(56)49-17-13-34(14-18-49)50-19-12-32-7-3-4-8-35(32)45-42(50)55)40(53)48-22-20-46(21-23-48)37-11-10-33(28-44-37)41(54)57-24-6-16-47-15-5-9-38(47)51/h3-4,7-8,10-11,25-26,28,34,36,52H,5-6,9,12-24,27H2,1-2H3,(H,45,55)/t36-/m1/s1. The Kier molecular flexibility index (Phi) is 12.6. The number of nitrogens with one attached hydrogen (secondary N) is 1. The van der Waals surface area contributed by atoms with Crippen molar-refractivity contribution in [1.29, 1.82) is 0 Å². The summed E-state index contributed by atoms with van der Waals surface area (Å²) in [5, 5.41) is 13.4. The van der Waals surface area contributed by atoms with Gasteiger partial charge in [-0.1, -0.05) is 30.3 Å². The third-order valence-corrected chi connectivity index (χ3v) is 11.7. The number of phenolic OH excluding ortho intramolecular Hbond substituents is 1. The molecule has 3 saturated heterocycles. The SMILES string of the molecule is Cc1cc(C[C@@H](OC(=O)N2CCC(N3CCc4ccccc4NC3=O)CC2)C(=O)N2CCN(c3ccc(C(=O)OCCCN4CCCC4=O)cn3)CC2)cc(C)c1O. The number of aromatic hydroxyl groups is 1. The van der Waals surface area contributed by atoms with Gasteiger partial charge in [-0.2, -0.15) is 0 Å². The van der Waals surface area contributed by atoms with Gasteiger partial charge in [-0.3, -0.25) is 9.59 Å². The van der Waals surface area contributed by atoms with Crippen LogP contribution in [0.1, 0.15) is 64.7 Å². The van der Waals surface area contributed by atoms with Gasteiger partial charge in [0, 0.05) is 89.7 Å². The monoisotopic (exact) mass is 795 g/mol. The van der Waals surface area contributed by atoms with Crippen molar-refractivity contribution in [3.05, 3.63) is 82.5 Å². The molecule has 308 valence electrons. The molecule has 0 spiro atoms. The number of phenols is 1. The van der Waals surface area contributed by atoms with Crippen molar-refractivity contribution in [3.8, 4) is 5.75 Å². The highest BCUT2D eigenvalue weighted by Crippen LogP contribution is 2.27. The van der Waals surface area contributed by atoms with E-state index in [0.717, 1.165) is 36.2 Å². The summed E-state index contributed by atoms with van der Waals surface area (Å²) in [5.41, 5.74) is 4.38. The van der Waals surface area contributed by atoms with Crippen molar-refractivity contribution in [2.45, 2.75) is 70.9 Å². The number of piperazine rings is 1. The number of aromatic nitrogens is 1. The number of piperidine rings is 1. The summed E-state index contributed by atoms with van der Waals surface area (Å²) in [4.78, 5) is 78.9. The second kappa shape index (κ2) is 18.2. The summed E-state index contributed by atoms with van der Waals surface area (Å²) in [6.07, 6.45) is 3.94. The topological polar surface area (TPSA) is 165 Å². The molecule has 1 aromatic heterocycles. The van der Waals surface area contributed by atoms with Crippen molar-refractivity contribution in [3.63, 3.8) is 0 Å². The molecule has 4 aliphatic rings. The highest BCUT2D eigenvalue weighted by molar-refractivity contribution is 5.91. The number of ether oxygens (including phenoxy) is 2. The van der Waals surface area contributed by atoms with Gasteiger partial charge in [-0.15, -0.1) is 0 Å². The van der Waals surface area contributed by atoms with E-state index < -0.39 is 18.2 Å². The van der Waals surface area contributed by atoms with Gasteiger partial charge >= 0.3 is 18.1 Å². The van der Waals surface area contributed by atoms with Gasteiger partial charge in [0.1, 0.15) is 11.6 Å². The Morgan fingerprint density at radius 2 is 1.64 bits per heavy atom. The highest BCUT2D eigenvalue weighted by atomic mass is 16.6. The number of benzene rings is 2. The molecule has 15 nitrogen and oxygen atoms in total. The first-order valence-corrected chi connectivity index (χ1v) is 20.4. The number of pyridine rings is 1. The molecule has 15 heteroatoms. The fourth-order valence-electron chi connectivity index (χ4n) is 8.35. The average molecular weight is 796 g/mol. The molecule has 0 bridgehead atoms. The summed E-state index contributed by atoms with van der Waals surface area (Å²) in [6, 6.07) is 14.7. The second-order valence-electron chi connectivity index (χ2n) is 15.6. The van der Waals surface area contributed by atoms with Gasteiger partial charge in [-0.05, 0) is 86.4 Å². The van der Waals surface area contributed by atoms with Crippen molar-refractivity contribution in [2.75, 3.05) is 75.7 Å². The van der Waals surface area contributed by atoms with Gasteiger partial charge < -0.3 is 44.4 Å². The molecule has 1 atom stereocenters. The number of urea groups is 1. The molecule has 0 aliphatic carbocycles. The molecule has 0 unspecified atom stereocenters. The number of fused-ring (bicyclic) bond motifs is 1. The van der Waals surface area contributed by atoms with Gasteiger partial charge in [0.15, 0.2) is 6.10 Å². The van der Waals surface area contributed by atoms with Gasteiger partial charge in [0.05, 0.1) is 12.2 Å². The lowest BCUT2D eigenvalue weighted by atomic mass is 10.0.